The monoisotopic (exact) mass is 441 g/mol. The molecule has 146 valence electrons. The predicted octanol–water partition coefficient (Wildman–Crippen LogP) is 2.15. The van der Waals surface area contributed by atoms with Gasteiger partial charge < -0.3 is 20.1 Å². The van der Waals surface area contributed by atoms with E-state index >= 15 is 0 Å². The largest absolute Gasteiger partial charge is 0.466 e. The van der Waals surface area contributed by atoms with Gasteiger partial charge in [0.05, 0.1) is 30.8 Å². The van der Waals surface area contributed by atoms with E-state index in [0.717, 1.165) is 5.56 Å². The van der Waals surface area contributed by atoms with Crippen molar-refractivity contribution in [3.8, 4) is 0 Å². The van der Waals surface area contributed by atoms with Crippen LogP contribution in [-0.4, -0.2) is 53.6 Å². The number of halogens is 1. The average Bonchev–Trinajstić information content (AvgIpc) is 2.92. The molecule has 0 aliphatic carbocycles. The van der Waals surface area contributed by atoms with Gasteiger partial charge in [-0.05, 0) is 33.5 Å². The van der Waals surface area contributed by atoms with E-state index < -0.39 is 16.8 Å². The Balaban J connectivity index is 2.54. The van der Waals surface area contributed by atoms with Crippen LogP contribution in [0.4, 0.5) is 11.4 Å². The standard InChI is InChI=1S/C17H20BrN3O6/c1-9(2)10-6-12(18)15(13(7-10)21(25)26)19-14-11(17(24)27-3)8-20(4-5-22)16(14)23/h6-7,9,19,22H,4-5,8H2,1-3H3. The van der Waals surface area contributed by atoms with Gasteiger partial charge in [-0.15, -0.1) is 0 Å². The molecule has 1 aliphatic heterocycles. The number of hydrogen-bond acceptors (Lipinski definition) is 7. The van der Waals surface area contributed by atoms with Gasteiger partial charge in [-0.25, -0.2) is 4.79 Å². The van der Waals surface area contributed by atoms with Crippen molar-refractivity contribution < 1.29 is 24.4 Å². The Hall–Kier alpha value is -2.46. The number of anilines is 1. The highest BCUT2D eigenvalue weighted by atomic mass is 79.9. The van der Waals surface area contributed by atoms with Crippen LogP contribution < -0.4 is 5.32 Å². The third-order valence-corrected chi connectivity index (χ3v) is 4.78. The Kier molecular flexibility index (Phi) is 6.55. The molecule has 0 spiro atoms. The summed E-state index contributed by atoms with van der Waals surface area (Å²) in [4.78, 5) is 36.9. The van der Waals surface area contributed by atoms with Crippen LogP contribution in [0.2, 0.25) is 0 Å². The van der Waals surface area contributed by atoms with Crippen LogP contribution in [0, 0.1) is 10.1 Å². The van der Waals surface area contributed by atoms with E-state index in [1.54, 1.807) is 6.07 Å². The van der Waals surface area contributed by atoms with Crippen LogP contribution in [0.1, 0.15) is 25.3 Å². The Morgan fingerprint density at radius 3 is 2.67 bits per heavy atom. The SMILES string of the molecule is COC(=O)C1=C(Nc2c(Br)cc(C(C)C)cc2[N+](=O)[O-])C(=O)N(CCO)C1. The second-order valence-electron chi connectivity index (χ2n) is 6.23. The molecule has 0 saturated heterocycles. The number of rotatable bonds is 7. The van der Waals surface area contributed by atoms with E-state index in [1.807, 2.05) is 13.8 Å². The summed E-state index contributed by atoms with van der Waals surface area (Å²) in [5, 5.41) is 23.4. The van der Waals surface area contributed by atoms with Crippen LogP contribution >= 0.6 is 15.9 Å². The summed E-state index contributed by atoms with van der Waals surface area (Å²) in [5.41, 5.74) is 0.542. The van der Waals surface area contributed by atoms with Crippen molar-refractivity contribution in [3.63, 3.8) is 0 Å². The van der Waals surface area contributed by atoms with Crippen molar-refractivity contribution in [3.05, 3.63) is 43.6 Å². The van der Waals surface area contributed by atoms with Gasteiger partial charge in [0.25, 0.3) is 11.6 Å². The summed E-state index contributed by atoms with van der Waals surface area (Å²) >= 11 is 3.31. The van der Waals surface area contributed by atoms with Crippen LogP contribution in [-0.2, 0) is 14.3 Å². The number of hydrogen-bond donors (Lipinski definition) is 2. The number of carbonyl (C=O) groups is 2. The summed E-state index contributed by atoms with van der Waals surface area (Å²) in [6.45, 7) is 3.51. The topological polar surface area (TPSA) is 122 Å². The maximum Gasteiger partial charge on any atom is 0.337 e. The molecule has 1 amide bonds. The third-order valence-electron chi connectivity index (χ3n) is 4.16. The molecule has 0 saturated carbocycles. The van der Waals surface area contributed by atoms with Crippen LogP contribution in [0.3, 0.4) is 0 Å². The van der Waals surface area contributed by atoms with E-state index in [9.17, 15) is 19.7 Å². The highest BCUT2D eigenvalue weighted by molar-refractivity contribution is 9.10. The number of nitrogens with one attached hydrogen (secondary N) is 1. The maximum absolute atomic E-state index is 12.6. The van der Waals surface area contributed by atoms with Crippen molar-refractivity contribution in [2.24, 2.45) is 0 Å². The molecule has 0 aromatic heterocycles. The minimum absolute atomic E-state index is 0.0278. The van der Waals surface area contributed by atoms with Gasteiger partial charge in [-0.1, -0.05) is 13.8 Å². The normalized spacial score (nSPS) is 14.1. The van der Waals surface area contributed by atoms with E-state index in [-0.39, 0.29) is 48.3 Å². The molecule has 0 unspecified atom stereocenters. The number of aliphatic hydroxyl groups is 1. The molecule has 0 atom stereocenters. The lowest BCUT2D eigenvalue weighted by Crippen LogP contribution is -2.31. The number of methoxy groups -OCH3 is 1. The molecular weight excluding hydrogens is 422 g/mol. The molecule has 1 aliphatic rings. The second kappa shape index (κ2) is 8.49. The smallest absolute Gasteiger partial charge is 0.337 e. The fourth-order valence-electron chi connectivity index (χ4n) is 2.69. The zero-order valence-electron chi connectivity index (χ0n) is 15.1. The van der Waals surface area contributed by atoms with Gasteiger partial charge in [0.1, 0.15) is 11.4 Å². The quantitative estimate of drug-likeness (QED) is 0.377. The molecule has 10 heteroatoms. The van der Waals surface area contributed by atoms with Gasteiger partial charge in [-0.3, -0.25) is 14.9 Å². The van der Waals surface area contributed by atoms with Crippen LogP contribution in [0.15, 0.2) is 27.9 Å². The summed E-state index contributed by atoms with van der Waals surface area (Å²) < 4.78 is 5.11. The summed E-state index contributed by atoms with van der Waals surface area (Å²) in [5.74, 6) is -1.20. The first-order valence-corrected chi connectivity index (χ1v) is 8.97. The number of amides is 1. The summed E-state index contributed by atoms with van der Waals surface area (Å²) in [6, 6.07) is 3.16. The van der Waals surface area contributed by atoms with Crippen molar-refractivity contribution in [2.45, 2.75) is 19.8 Å². The molecule has 0 fully saturated rings. The third kappa shape index (κ3) is 4.28. The summed E-state index contributed by atoms with van der Waals surface area (Å²) in [6.07, 6.45) is 0. The molecular formula is C17H20BrN3O6. The van der Waals surface area contributed by atoms with Gasteiger partial charge >= 0.3 is 5.97 Å². The average molecular weight is 442 g/mol. The number of nitro benzene ring substituents is 1. The highest BCUT2D eigenvalue weighted by Crippen LogP contribution is 2.38. The maximum atomic E-state index is 12.6. The molecule has 27 heavy (non-hydrogen) atoms. The first-order valence-electron chi connectivity index (χ1n) is 8.17. The zero-order chi connectivity index (χ0) is 20.3. The zero-order valence-corrected chi connectivity index (χ0v) is 16.7. The van der Waals surface area contributed by atoms with Crippen LogP contribution in [0.5, 0.6) is 0 Å². The van der Waals surface area contributed by atoms with Crippen molar-refractivity contribution >= 4 is 39.2 Å². The molecule has 1 aromatic rings. The van der Waals surface area contributed by atoms with Gasteiger partial charge in [-0.2, -0.15) is 0 Å². The highest BCUT2D eigenvalue weighted by Gasteiger charge is 2.36. The van der Waals surface area contributed by atoms with Crippen molar-refractivity contribution in [1.29, 1.82) is 0 Å². The summed E-state index contributed by atoms with van der Waals surface area (Å²) in [7, 11) is 1.18. The number of nitrogens with zero attached hydrogens (tertiary/aromatic N) is 2. The minimum Gasteiger partial charge on any atom is -0.466 e. The molecule has 0 radical (unpaired) electrons. The molecule has 0 bridgehead atoms. The Bertz CT molecular complexity index is 821. The van der Waals surface area contributed by atoms with Crippen molar-refractivity contribution in [2.75, 3.05) is 32.1 Å². The van der Waals surface area contributed by atoms with Crippen LogP contribution in [0.25, 0.3) is 0 Å². The fourth-order valence-corrected chi connectivity index (χ4v) is 3.25. The molecule has 2 N–H and O–H groups in total. The number of ether oxygens (including phenoxy) is 1. The van der Waals surface area contributed by atoms with E-state index in [0.29, 0.717) is 4.47 Å². The number of β-amino-alcohol motifs (C(OH)–C–C–N with tert-alkyl or cyclic N) is 1. The first kappa shape index (κ1) is 20.8. The lowest BCUT2D eigenvalue weighted by Gasteiger charge is -2.16. The number of esters is 1. The fraction of sp³-hybridized carbons (Fsp3) is 0.412. The second-order valence-corrected chi connectivity index (χ2v) is 7.08. The van der Waals surface area contributed by atoms with E-state index in [2.05, 4.69) is 21.2 Å². The Morgan fingerprint density at radius 2 is 2.15 bits per heavy atom. The number of aliphatic hydroxyl groups excluding tert-OH is 1. The first-order chi connectivity index (χ1) is 12.7. The molecule has 1 heterocycles. The van der Waals surface area contributed by atoms with Gasteiger partial charge in [0.2, 0.25) is 0 Å². The predicted molar refractivity (Wildman–Crippen MR) is 101 cm³/mol. The Labute approximate surface area is 164 Å². The molecule has 9 nitrogen and oxygen atoms in total. The number of benzene rings is 1. The lowest BCUT2D eigenvalue weighted by atomic mass is 10.0. The number of nitro groups is 1. The van der Waals surface area contributed by atoms with Gasteiger partial charge in [0.15, 0.2) is 0 Å². The molecule has 1 aromatic carbocycles. The Morgan fingerprint density at radius 1 is 1.48 bits per heavy atom. The van der Waals surface area contributed by atoms with E-state index in [4.69, 9.17) is 9.84 Å². The van der Waals surface area contributed by atoms with Crippen molar-refractivity contribution in [1.82, 2.24) is 4.90 Å². The number of carbonyl (C=O) groups excluding carboxylic acids is 2. The van der Waals surface area contributed by atoms with E-state index in [1.165, 1.54) is 18.1 Å². The lowest BCUT2D eigenvalue weighted by molar-refractivity contribution is -0.384. The molecule has 2 rings (SSSR count). The minimum atomic E-state index is -0.719. The van der Waals surface area contributed by atoms with Gasteiger partial charge in [0, 0.05) is 17.1 Å².